The topological polar surface area (TPSA) is 137 Å². The number of aromatic nitrogens is 3. The maximum absolute atomic E-state index is 13.8. The number of H-pyrrole nitrogens is 1. The smallest absolute Gasteiger partial charge is 0.259 e. The van der Waals surface area contributed by atoms with Crippen molar-refractivity contribution in [2.45, 2.75) is 57.0 Å². The number of rotatable bonds is 8. The first kappa shape index (κ1) is 21.2. The quantitative estimate of drug-likeness (QED) is 0.238. The van der Waals surface area contributed by atoms with E-state index in [9.17, 15) is 4.79 Å². The first-order valence-electron chi connectivity index (χ1n) is 11.6. The largest absolute Gasteiger partial charge is 0.381 e. The average molecular weight is 448 g/mol. The highest BCUT2D eigenvalue weighted by atomic mass is 16.1. The Morgan fingerprint density at radius 2 is 2.12 bits per heavy atom. The first-order valence-corrected chi connectivity index (χ1v) is 11.6. The van der Waals surface area contributed by atoms with E-state index in [1.54, 1.807) is 7.05 Å². The van der Waals surface area contributed by atoms with E-state index >= 15 is 0 Å². The predicted molar refractivity (Wildman–Crippen MR) is 130 cm³/mol. The van der Waals surface area contributed by atoms with Crippen molar-refractivity contribution in [3.05, 3.63) is 57.8 Å². The van der Waals surface area contributed by atoms with Gasteiger partial charge < -0.3 is 21.5 Å². The molecule has 33 heavy (non-hydrogen) atoms. The van der Waals surface area contributed by atoms with Gasteiger partial charge in [-0.3, -0.25) is 10.1 Å². The Bertz CT molecular complexity index is 1290. The van der Waals surface area contributed by atoms with Gasteiger partial charge in [-0.25, -0.2) is 4.98 Å². The fraction of sp³-hybridized carbons (Fsp3) is 0.417. The first-order chi connectivity index (χ1) is 16.0. The Labute approximate surface area is 192 Å². The summed E-state index contributed by atoms with van der Waals surface area (Å²) in [6.07, 6.45) is 6.68. The van der Waals surface area contributed by atoms with Crippen molar-refractivity contribution < 1.29 is 4.98 Å². The van der Waals surface area contributed by atoms with Crippen molar-refractivity contribution in [1.82, 2.24) is 15.0 Å². The van der Waals surface area contributed by atoms with E-state index in [2.05, 4.69) is 57.0 Å². The van der Waals surface area contributed by atoms with Crippen molar-refractivity contribution >= 4 is 28.2 Å². The molecule has 172 valence electrons. The number of hydrogen-bond acceptors (Lipinski definition) is 6. The van der Waals surface area contributed by atoms with Crippen molar-refractivity contribution in [1.29, 1.82) is 0 Å². The predicted octanol–water partition coefficient (Wildman–Crippen LogP) is 2.41. The Morgan fingerprint density at radius 3 is 2.79 bits per heavy atom. The van der Waals surface area contributed by atoms with Crippen LogP contribution in [0.5, 0.6) is 0 Å². The van der Waals surface area contributed by atoms with Gasteiger partial charge >= 0.3 is 0 Å². The highest BCUT2D eigenvalue weighted by molar-refractivity contribution is 6.04. The number of pyridine rings is 1. The molecule has 0 saturated heterocycles. The van der Waals surface area contributed by atoms with E-state index in [1.165, 1.54) is 24.7 Å². The molecule has 3 aromatic rings. The minimum atomic E-state index is -0.133. The molecular weight excluding hydrogens is 416 g/mol. The molecule has 2 aromatic heterocycles. The molecule has 1 atom stereocenters. The van der Waals surface area contributed by atoms with Crippen molar-refractivity contribution in [2.75, 3.05) is 18.1 Å². The number of hydrogen-bond donors (Lipinski definition) is 4. The van der Waals surface area contributed by atoms with E-state index in [0.717, 1.165) is 35.7 Å². The van der Waals surface area contributed by atoms with Crippen LogP contribution in [0.2, 0.25) is 0 Å². The number of nitrogen functional groups attached to an aromatic ring is 1. The van der Waals surface area contributed by atoms with Crippen LogP contribution < -0.4 is 32.8 Å². The summed E-state index contributed by atoms with van der Waals surface area (Å²) >= 11 is 0. The minimum absolute atomic E-state index is 0.127. The average Bonchev–Trinajstić information content (AvgIpc) is 3.70. The van der Waals surface area contributed by atoms with Gasteiger partial charge in [0.15, 0.2) is 5.84 Å². The zero-order chi connectivity index (χ0) is 23.1. The molecule has 9 heteroatoms. The number of amidine groups is 1. The number of hydrazone groups is 1. The monoisotopic (exact) mass is 447 g/mol. The number of benzene rings is 1. The maximum atomic E-state index is 13.8. The van der Waals surface area contributed by atoms with Crippen LogP contribution >= 0.6 is 0 Å². The molecule has 0 aliphatic heterocycles. The molecule has 2 fully saturated rings. The summed E-state index contributed by atoms with van der Waals surface area (Å²) in [5.41, 5.74) is 17.8. The molecule has 0 spiro atoms. The van der Waals surface area contributed by atoms with Crippen LogP contribution in [0.15, 0.2) is 40.5 Å². The molecule has 2 heterocycles. The Kier molecular flexibility index (Phi) is 5.39. The molecule has 1 unspecified atom stereocenters. The Balaban J connectivity index is 1.63. The van der Waals surface area contributed by atoms with Crippen molar-refractivity contribution in [3.63, 3.8) is 0 Å². The third kappa shape index (κ3) is 3.88. The molecule has 0 amide bonds. The summed E-state index contributed by atoms with van der Waals surface area (Å²) < 4.78 is 2.02. The van der Waals surface area contributed by atoms with Crippen LogP contribution in [0.25, 0.3) is 10.8 Å². The zero-order valence-electron chi connectivity index (χ0n) is 19.1. The second kappa shape index (κ2) is 8.38. The zero-order valence-corrected chi connectivity index (χ0v) is 19.1. The minimum Gasteiger partial charge on any atom is -0.381 e. The van der Waals surface area contributed by atoms with Crippen LogP contribution in [0.3, 0.4) is 0 Å². The van der Waals surface area contributed by atoms with Crippen LogP contribution in [0.4, 0.5) is 11.6 Å². The van der Waals surface area contributed by atoms with E-state index in [4.69, 9.17) is 11.5 Å². The van der Waals surface area contributed by atoms with Gasteiger partial charge in [-0.1, -0.05) is 30.1 Å². The molecule has 2 aliphatic carbocycles. The van der Waals surface area contributed by atoms with Gasteiger partial charge in [-0.05, 0) is 55.0 Å². The van der Waals surface area contributed by atoms with Gasteiger partial charge in [0.05, 0.1) is 11.1 Å². The van der Waals surface area contributed by atoms with Gasteiger partial charge in [0.1, 0.15) is 11.6 Å². The van der Waals surface area contributed by atoms with Gasteiger partial charge in [0.25, 0.3) is 5.56 Å². The van der Waals surface area contributed by atoms with E-state index in [-0.39, 0.29) is 29.3 Å². The fourth-order valence-corrected chi connectivity index (χ4v) is 4.67. The summed E-state index contributed by atoms with van der Waals surface area (Å²) in [5, 5.41) is 9.50. The third-order valence-electron chi connectivity index (χ3n) is 6.56. The fourth-order valence-electron chi connectivity index (χ4n) is 4.67. The molecule has 0 radical (unpaired) electrons. The second-order valence-electron chi connectivity index (χ2n) is 8.92. The van der Waals surface area contributed by atoms with Crippen molar-refractivity contribution in [2.24, 2.45) is 10.8 Å². The molecular formula is C24H31N8O+. The summed E-state index contributed by atoms with van der Waals surface area (Å²) in [6, 6.07) is 8.54. The highest BCUT2D eigenvalue weighted by Crippen LogP contribution is 2.43. The summed E-state index contributed by atoms with van der Waals surface area (Å²) in [4.78, 5) is 21.1. The summed E-state index contributed by atoms with van der Waals surface area (Å²) in [5.74, 6) is 1.64. The lowest BCUT2D eigenvalue weighted by molar-refractivity contribution is -0.366. The number of aromatic amines is 1. The van der Waals surface area contributed by atoms with Crippen LogP contribution in [0, 0.1) is 0 Å². The number of anilines is 2. The molecule has 1 aromatic carbocycles. The maximum Gasteiger partial charge on any atom is 0.259 e. The Morgan fingerprint density at radius 1 is 1.33 bits per heavy atom. The lowest BCUT2D eigenvalue weighted by Crippen LogP contribution is -2.31. The van der Waals surface area contributed by atoms with Crippen LogP contribution in [-0.4, -0.2) is 22.4 Å². The normalized spacial score (nSPS) is 17.2. The molecule has 0 bridgehead atoms. The molecule has 7 N–H and O–H groups in total. The van der Waals surface area contributed by atoms with E-state index in [0.29, 0.717) is 17.3 Å². The van der Waals surface area contributed by atoms with Gasteiger partial charge in [-0.15, -0.1) is 0 Å². The Hall–Kier alpha value is -3.62. The van der Waals surface area contributed by atoms with Crippen LogP contribution in [0.1, 0.15) is 73.9 Å². The lowest BCUT2D eigenvalue weighted by atomic mass is 9.99. The number of nitrogens with one attached hydrogen (secondary N) is 3. The van der Waals surface area contributed by atoms with Gasteiger partial charge in [0, 0.05) is 13.1 Å². The van der Waals surface area contributed by atoms with Crippen LogP contribution in [-0.2, 0) is 0 Å². The number of fused-ring (bicyclic) bond motifs is 1. The van der Waals surface area contributed by atoms with Gasteiger partial charge in [0.2, 0.25) is 18.0 Å². The van der Waals surface area contributed by atoms with Gasteiger partial charge in [-0.2, -0.15) is 5.10 Å². The molecule has 2 aliphatic rings. The summed E-state index contributed by atoms with van der Waals surface area (Å²) in [6.45, 7) is 2.10. The SMILES string of the molecule is CCC(Nc1[nH+]cnc(N)c1C(N)=NNC)c1cc2cccc(C3CC3)c2c(=O)n1C1CC1. The molecule has 9 nitrogen and oxygen atoms in total. The van der Waals surface area contributed by atoms with E-state index < -0.39 is 0 Å². The third-order valence-corrected chi connectivity index (χ3v) is 6.56. The molecule has 5 rings (SSSR count). The number of nitrogens with two attached hydrogens (primary N) is 2. The summed E-state index contributed by atoms with van der Waals surface area (Å²) in [7, 11) is 1.67. The highest BCUT2D eigenvalue weighted by Gasteiger charge is 2.33. The van der Waals surface area contributed by atoms with Crippen molar-refractivity contribution in [3.8, 4) is 0 Å². The van der Waals surface area contributed by atoms with E-state index in [1.807, 2.05) is 4.57 Å². The standard InChI is InChI=1S/C24H30N8O/c1-3-17(30-23-20(22(26)31-27-2)21(25)28-12-29-23)18-11-14-5-4-6-16(13-7-8-13)19(14)24(33)32(18)15-9-10-15/h4-6,11-13,15,17,27H,3,7-10H2,1-2H3,(H2,26,31)(H3,25,28,29,30)/p+1. The second-order valence-corrected chi connectivity index (χ2v) is 8.92. The molecule has 2 saturated carbocycles. The number of nitrogens with zero attached hydrogens (tertiary/aromatic N) is 3. The lowest BCUT2D eigenvalue weighted by Gasteiger charge is -2.22.